The van der Waals surface area contributed by atoms with Gasteiger partial charge in [0.1, 0.15) is 11.5 Å². The minimum atomic E-state index is 0.116. The summed E-state index contributed by atoms with van der Waals surface area (Å²) in [4.78, 5) is 5.00. The number of phenolic OH excluding ortho intramolecular Hbond substituents is 1. The summed E-state index contributed by atoms with van der Waals surface area (Å²) in [7, 11) is 0. The van der Waals surface area contributed by atoms with E-state index in [0.29, 0.717) is 29.7 Å². The minimum absolute atomic E-state index is 0.116. The van der Waals surface area contributed by atoms with Crippen LogP contribution in [0.4, 0.5) is 5.69 Å². The maximum Gasteiger partial charge on any atom is 0.156 e. The molecule has 0 amide bonds. The smallest absolute Gasteiger partial charge is 0.156 e. The Morgan fingerprint density at radius 1 is 0.717 bits per heavy atom. The molecule has 0 radical (unpaired) electrons. The Hall–Kier alpha value is -5.29. The van der Waals surface area contributed by atoms with Crippen molar-refractivity contribution in [2.75, 3.05) is 11.6 Å². The Morgan fingerprint density at radius 3 is 1.89 bits per heavy atom. The van der Waals surface area contributed by atoms with E-state index in [0.717, 1.165) is 40.9 Å². The van der Waals surface area contributed by atoms with E-state index in [-0.39, 0.29) is 5.75 Å². The molecule has 0 fully saturated rings. The molecule has 5 heteroatoms. The number of hydrazine groups is 1. The molecule has 0 saturated heterocycles. The van der Waals surface area contributed by atoms with E-state index in [2.05, 4.69) is 92.1 Å². The molecule has 0 bridgehead atoms. The third kappa shape index (κ3) is 7.32. The molecule has 5 aromatic rings. The standard InChI is InChI=1S/C41H41N3O2/c1-3-5-12-30(4-2)29-46-37-25-26-38(40(45)27-37)41-42-39(35-19-17-33(18-20-35)31-13-8-6-9-14-31)28-44(43-41)36-23-21-34(22-24-36)32-15-10-7-11-16-32/h6-11,13-28,30,45H,3-5,12,29H2,1-2H3,(H,42,43). The number of rotatable bonds is 12. The normalized spacial score (nSPS) is 13.4. The van der Waals surface area contributed by atoms with Crippen LogP contribution >= 0.6 is 0 Å². The number of benzene rings is 5. The summed E-state index contributed by atoms with van der Waals surface area (Å²) in [6.45, 7) is 5.07. The van der Waals surface area contributed by atoms with Crippen LogP contribution in [0.3, 0.4) is 0 Å². The number of nitrogens with one attached hydrogen (secondary N) is 1. The number of anilines is 1. The fraction of sp³-hybridized carbons (Fsp3) is 0.195. The third-order valence-corrected chi connectivity index (χ3v) is 8.50. The van der Waals surface area contributed by atoms with E-state index in [1.807, 2.05) is 59.7 Å². The topological polar surface area (TPSA) is 57.1 Å². The molecule has 5 nitrogen and oxygen atoms in total. The largest absolute Gasteiger partial charge is 0.507 e. The molecule has 2 N–H and O–H groups in total. The number of hydrogen-bond donors (Lipinski definition) is 2. The van der Waals surface area contributed by atoms with Gasteiger partial charge in [-0.25, -0.2) is 4.99 Å². The lowest BCUT2D eigenvalue weighted by molar-refractivity contribution is 0.232. The summed E-state index contributed by atoms with van der Waals surface area (Å²) < 4.78 is 6.11. The molecule has 0 spiro atoms. The number of unbranched alkanes of at least 4 members (excludes halogenated alkanes) is 1. The molecule has 46 heavy (non-hydrogen) atoms. The van der Waals surface area contributed by atoms with Gasteiger partial charge in [-0.1, -0.05) is 130 Å². The number of amidine groups is 1. The lowest BCUT2D eigenvalue weighted by Crippen LogP contribution is -2.41. The summed E-state index contributed by atoms with van der Waals surface area (Å²) >= 11 is 0. The van der Waals surface area contributed by atoms with Crippen molar-refractivity contribution in [1.82, 2.24) is 5.43 Å². The SMILES string of the molecule is CCCCC(CC)COc1ccc(C2=NC(c3ccc(-c4ccccc4)cc3)=CN(c3ccc(-c4ccccc4)cc3)N2)c(O)c1. The van der Waals surface area contributed by atoms with E-state index < -0.39 is 0 Å². The summed E-state index contributed by atoms with van der Waals surface area (Å²) in [6.07, 6.45) is 6.61. The average Bonchev–Trinajstić information content (AvgIpc) is 3.12. The Labute approximate surface area is 272 Å². The Bertz CT molecular complexity index is 1780. The van der Waals surface area contributed by atoms with Crippen molar-refractivity contribution in [1.29, 1.82) is 0 Å². The van der Waals surface area contributed by atoms with Crippen molar-refractivity contribution in [3.05, 3.63) is 145 Å². The van der Waals surface area contributed by atoms with Crippen LogP contribution in [-0.4, -0.2) is 17.5 Å². The molecule has 0 aliphatic carbocycles. The minimum Gasteiger partial charge on any atom is -0.507 e. The average molecular weight is 608 g/mol. The third-order valence-electron chi connectivity index (χ3n) is 8.50. The Kier molecular flexibility index (Phi) is 9.79. The first-order chi connectivity index (χ1) is 22.6. The molecule has 5 aromatic carbocycles. The highest BCUT2D eigenvalue weighted by Gasteiger charge is 2.20. The molecule has 1 unspecified atom stereocenters. The monoisotopic (exact) mass is 607 g/mol. The molecule has 0 saturated carbocycles. The molecular weight excluding hydrogens is 566 g/mol. The van der Waals surface area contributed by atoms with E-state index in [4.69, 9.17) is 9.73 Å². The van der Waals surface area contributed by atoms with Gasteiger partial charge < -0.3 is 9.84 Å². The zero-order chi connectivity index (χ0) is 31.7. The van der Waals surface area contributed by atoms with Gasteiger partial charge in [0.25, 0.3) is 0 Å². The quantitative estimate of drug-likeness (QED) is 0.148. The van der Waals surface area contributed by atoms with Crippen LogP contribution < -0.4 is 15.2 Å². The summed E-state index contributed by atoms with van der Waals surface area (Å²) in [5.41, 5.74) is 11.4. The maximum atomic E-state index is 11.2. The number of nitrogens with zero attached hydrogens (tertiary/aromatic N) is 2. The Morgan fingerprint density at radius 2 is 1.30 bits per heavy atom. The maximum absolute atomic E-state index is 11.2. The van der Waals surface area contributed by atoms with Gasteiger partial charge in [0.2, 0.25) is 0 Å². The zero-order valence-corrected chi connectivity index (χ0v) is 26.6. The lowest BCUT2D eigenvalue weighted by Gasteiger charge is -2.29. The lowest BCUT2D eigenvalue weighted by atomic mass is 10.0. The highest BCUT2D eigenvalue weighted by atomic mass is 16.5. The van der Waals surface area contributed by atoms with Gasteiger partial charge in [-0.2, -0.15) is 0 Å². The highest BCUT2D eigenvalue weighted by molar-refractivity contribution is 6.06. The predicted molar refractivity (Wildman–Crippen MR) is 191 cm³/mol. The number of ether oxygens (including phenoxy) is 1. The van der Waals surface area contributed by atoms with Gasteiger partial charge in [-0.15, -0.1) is 0 Å². The van der Waals surface area contributed by atoms with Crippen molar-refractivity contribution in [3.63, 3.8) is 0 Å². The number of aromatic hydroxyl groups is 1. The van der Waals surface area contributed by atoms with Gasteiger partial charge in [0.05, 0.1) is 29.8 Å². The summed E-state index contributed by atoms with van der Waals surface area (Å²) in [5, 5.41) is 13.2. The molecule has 232 valence electrons. The van der Waals surface area contributed by atoms with Crippen molar-refractivity contribution >= 4 is 17.2 Å². The van der Waals surface area contributed by atoms with Crippen molar-refractivity contribution in [2.24, 2.45) is 10.9 Å². The van der Waals surface area contributed by atoms with Gasteiger partial charge in [-0.3, -0.25) is 10.4 Å². The fourth-order valence-corrected chi connectivity index (χ4v) is 5.66. The van der Waals surface area contributed by atoms with E-state index in [1.54, 1.807) is 6.07 Å². The van der Waals surface area contributed by atoms with Crippen LogP contribution in [0.1, 0.15) is 50.7 Å². The Balaban J connectivity index is 1.29. The van der Waals surface area contributed by atoms with Crippen molar-refractivity contribution < 1.29 is 9.84 Å². The molecule has 1 aliphatic rings. The molecule has 6 rings (SSSR count). The first kappa shape index (κ1) is 30.7. The van der Waals surface area contributed by atoms with Crippen LogP contribution in [0, 0.1) is 5.92 Å². The second kappa shape index (κ2) is 14.7. The van der Waals surface area contributed by atoms with Gasteiger partial charge in [0.15, 0.2) is 5.84 Å². The number of aliphatic imine (C=N–C) groups is 1. The second-order valence-corrected chi connectivity index (χ2v) is 11.7. The van der Waals surface area contributed by atoms with Gasteiger partial charge >= 0.3 is 0 Å². The second-order valence-electron chi connectivity index (χ2n) is 11.7. The predicted octanol–water partition coefficient (Wildman–Crippen LogP) is 10.1. The summed E-state index contributed by atoms with van der Waals surface area (Å²) in [6, 6.07) is 43.0. The van der Waals surface area contributed by atoms with Crippen molar-refractivity contribution in [2.45, 2.75) is 39.5 Å². The van der Waals surface area contributed by atoms with Crippen LogP contribution in [0.25, 0.3) is 28.0 Å². The first-order valence-corrected chi connectivity index (χ1v) is 16.2. The molecular formula is C41H41N3O2. The first-order valence-electron chi connectivity index (χ1n) is 16.2. The van der Waals surface area contributed by atoms with Gasteiger partial charge in [0, 0.05) is 11.6 Å². The van der Waals surface area contributed by atoms with Crippen LogP contribution in [0.2, 0.25) is 0 Å². The zero-order valence-electron chi connectivity index (χ0n) is 26.6. The van der Waals surface area contributed by atoms with Crippen molar-refractivity contribution in [3.8, 4) is 33.8 Å². The van der Waals surface area contributed by atoms with Crippen LogP contribution in [-0.2, 0) is 0 Å². The summed E-state index contributed by atoms with van der Waals surface area (Å²) in [5.74, 6) is 1.84. The molecule has 1 atom stereocenters. The molecule has 0 aromatic heterocycles. The van der Waals surface area contributed by atoms with E-state index in [9.17, 15) is 5.11 Å². The van der Waals surface area contributed by atoms with Gasteiger partial charge in [-0.05, 0) is 58.9 Å². The van der Waals surface area contributed by atoms with E-state index in [1.165, 1.54) is 24.0 Å². The molecule has 1 heterocycles. The number of phenols is 1. The van der Waals surface area contributed by atoms with Crippen LogP contribution in [0.15, 0.2) is 139 Å². The number of hydrogen-bond acceptors (Lipinski definition) is 5. The molecule has 1 aliphatic heterocycles. The fourth-order valence-electron chi connectivity index (χ4n) is 5.66. The highest BCUT2D eigenvalue weighted by Crippen LogP contribution is 2.31. The van der Waals surface area contributed by atoms with E-state index >= 15 is 0 Å². The van der Waals surface area contributed by atoms with Crippen LogP contribution in [0.5, 0.6) is 11.5 Å².